The Morgan fingerprint density at radius 2 is 2.16 bits per heavy atom. The van der Waals surface area contributed by atoms with Crippen LogP contribution in [-0.4, -0.2) is 26.7 Å². The maximum atomic E-state index is 12.1. The third-order valence-corrected chi connectivity index (χ3v) is 5.18. The molecular formula is C12H19BrN2O3S. The van der Waals surface area contributed by atoms with Gasteiger partial charge in [-0.1, -0.05) is 6.92 Å². The van der Waals surface area contributed by atoms with E-state index in [4.69, 9.17) is 10.8 Å². The number of nitrogen functional groups attached to an aromatic ring is 1. The van der Waals surface area contributed by atoms with Crippen LogP contribution in [0.25, 0.3) is 0 Å². The fourth-order valence-electron chi connectivity index (χ4n) is 1.55. The number of nitrogens with one attached hydrogen (secondary N) is 1. The van der Waals surface area contributed by atoms with Gasteiger partial charge in [-0.2, -0.15) is 0 Å². The molecule has 1 unspecified atom stereocenters. The number of sulfonamides is 1. The first-order valence-corrected chi connectivity index (χ1v) is 8.30. The van der Waals surface area contributed by atoms with Gasteiger partial charge < -0.3 is 10.8 Å². The number of nitrogens with two attached hydrogens (primary N) is 1. The van der Waals surface area contributed by atoms with Crippen LogP contribution < -0.4 is 10.5 Å². The minimum Gasteiger partial charge on any atom is -0.399 e. The van der Waals surface area contributed by atoms with E-state index in [1.807, 2.05) is 6.92 Å². The Hall–Kier alpha value is -0.630. The number of halogens is 1. The maximum absolute atomic E-state index is 12.1. The van der Waals surface area contributed by atoms with Crippen molar-refractivity contribution >= 4 is 31.6 Å². The lowest BCUT2D eigenvalue weighted by atomic mass is 10.1. The second-order valence-corrected chi connectivity index (χ2v) is 7.11. The van der Waals surface area contributed by atoms with E-state index in [9.17, 15) is 8.42 Å². The summed E-state index contributed by atoms with van der Waals surface area (Å²) in [5.74, 6) is 0.184. The molecule has 0 aliphatic carbocycles. The van der Waals surface area contributed by atoms with Gasteiger partial charge in [-0.05, 0) is 52.9 Å². The average Bonchev–Trinajstić information content (AvgIpc) is 2.37. The maximum Gasteiger partial charge on any atom is 0.241 e. The molecule has 7 heteroatoms. The molecule has 4 N–H and O–H groups in total. The van der Waals surface area contributed by atoms with Crippen molar-refractivity contribution in [3.63, 3.8) is 0 Å². The van der Waals surface area contributed by atoms with E-state index in [2.05, 4.69) is 20.7 Å². The monoisotopic (exact) mass is 350 g/mol. The Morgan fingerprint density at radius 1 is 1.47 bits per heavy atom. The lowest BCUT2D eigenvalue weighted by molar-refractivity contribution is 0.228. The van der Waals surface area contributed by atoms with Crippen molar-refractivity contribution in [3.8, 4) is 0 Å². The number of aliphatic hydroxyl groups excluding tert-OH is 1. The molecule has 1 aromatic carbocycles. The summed E-state index contributed by atoms with van der Waals surface area (Å²) in [6.07, 6.45) is 1.46. The van der Waals surface area contributed by atoms with Gasteiger partial charge in [-0.3, -0.25) is 0 Å². The summed E-state index contributed by atoms with van der Waals surface area (Å²) in [5.41, 5.74) is 6.00. The summed E-state index contributed by atoms with van der Waals surface area (Å²) in [6.45, 7) is 2.38. The van der Waals surface area contributed by atoms with Crippen LogP contribution in [0.3, 0.4) is 0 Å². The summed E-state index contributed by atoms with van der Waals surface area (Å²) in [6, 6.07) is 4.66. The van der Waals surface area contributed by atoms with Gasteiger partial charge in [0.1, 0.15) is 0 Å². The minimum absolute atomic E-state index is 0.119. The van der Waals surface area contributed by atoms with Crippen LogP contribution in [0.5, 0.6) is 0 Å². The van der Waals surface area contributed by atoms with Crippen molar-refractivity contribution in [2.45, 2.75) is 24.7 Å². The number of hydrogen-bond donors (Lipinski definition) is 3. The van der Waals surface area contributed by atoms with Gasteiger partial charge in [0.15, 0.2) is 0 Å². The molecule has 19 heavy (non-hydrogen) atoms. The normalized spacial score (nSPS) is 13.4. The highest BCUT2D eigenvalue weighted by Gasteiger charge is 2.17. The molecule has 1 atom stereocenters. The first-order valence-electron chi connectivity index (χ1n) is 6.02. The minimum atomic E-state index is -3.56. The van der Waals surface area contributed by atoms with Crippen LogP contribution >= 0.6 is 15.9 Å². The molecule has 0 aliphatic heterocycles. The van der Waals surface area contributed by atoms with E-state index in [1.165, 1.54) is 6.07 Å². The fourth-order valence-corrected chi connectivity index (χ4v) is 3.62. The summed E-state index contributed by atoms with van der Waals surface area (Å²) in [4.78, 5) is 0.141. The summed E-state index contributed by atoms with van der Waals surface area (Å²) >= 11 is 3.20. The quantitative estimate of drug-likeness (QED) is 0.515. The predicted octanol–water partition coefficient (Wildman–Crippen LogP) is 1.72. The molecule has 0 saturated heterocycles. The van der Waals surface area contributed by atoms with Gasteiger partial charge >= 0.3 is 0 Å². The number of rotatable bonds is 7. The molecule has 0 saturated carbocycles. The molecule has 5 nitrogen and oxygen atoms in total. The predicted molar refractivity (Wildman–Crippen MR) is 79.2 cm³/mol. The van der Waals surface area contributed by atoms with Gasteiger partial charge in [0.25, 0.3) is 0 Å². The molecule has 0 amide bonds. The van der Waals surface area contributed by atoms with E-state index in [1.54, 1.807) is 12.1 Å². The molecule has 0 heterocycles. The topological polar surface area (TPSA) is 92.4 Å². The van der Waals surface area contributed by atoms with Gasteiger partial charge in [-0.15, -0.1) is 0 Å². The Morgan fingerprint density at radius 3 is 2.79 bits per heavy atom. The lowest BCUT2D eigenvalue weighted by Crippen LogP contribution is -2.25. The van der Waals surface area contributed by atoms with Crippen LogP contribution in [-0.2, 0) is 10.0 Å². The van der Waals surface area contributed by atoms with Gasteiger partial charge in [0.05, 0.1) is 4.90 Å². The first-order chi connectivity index (χ1) is 8.86. The zero-order valence-corrected chi connectivity index (χ0v) is 13.2. The van der Waals surface area contributed by atoms with Crippen molar-refractivity contribution in [2.24, 2.45) is 5.92 Å². The standard InChI is InChI=1S/C12H19BrN2O3S/c1-9(8-16)3-2-6-15-19(17,18)12-7-10(14)4-5-11(12)13/h4-5,7,9,15-16H,2-3,6,8,14H2,1H3. The van der Waals surface area contributed by atoms with Crippen molar-refractivity contribution in [1.82, 2.24) is 4.72 Å². The molecule has 0 aromatic heterocycles. The third kappa shape index (κ3) is 5.10. The zero-order chi connectivity index (χ0) is 14.5. The molecule has 0 spiro atoms. The number of benzene rings is 1. The van der Waals surface area contributed by atoms with Crippen LogP contribution in [0, 0.1) is 5.92 Å². The third-order valence-electron chi connectivity index (χ3n) is 2.72. The summed E-state index contributed by atoms with van der Waals surface area (Å²) in [5, 5.41) is 8.88. The van der Waals surface area contributed by atoms with E-state index >= 15 is 0 Å². The van der Waals surface area contributed by atoms with E-state index in [0.717, 1.165) is 6.42 Å². The highest BCUT2D eigenvalue weighted by molar-refractivity contribution is 9.10. The molecule has 1 rings (SSSR count). The molecule has 1 aromatic rings. The Kier molecular flexibility index (Phi) is 6.25. The van der Waals surface area contributed by atoms with E-state index in [-0.39, 0.29) is 17.4 Å². The van der Waals surface area contributed by atoms with E-state index < -0.39 is 10.0 Å². The van der Waals surface area contributed by atoms with Crippen molar-refractivity contribution in [2.75, 3.05) is 18.9 Å². The SMILES string of the molecule is CC(CO)CCCNS(=O)(=O)c1cc(N)ccc1Br. The second kappa shape index (κ2) is 7.23. The number of anilines is 1. The number of aliphatic hydroxyl groups is 1. The second-order valence-electron chi connectivity index (χ2n) is 4.52. The Labute approximate surface area is 122 Å². The highest BCUT2D eigenvalue weighted by atomic mass is 79.9. The van der Waals surface area contributed by atoms with Gasteiger partial charge in [0, 0.05) is 23.3 Å². The van der Waals surface area contributed by atoms with Crippen molar-refractivity contribution in [3.05, 3.63) is 22.7 Å². The van der Waals surface area contributed by atoms with Crippen molar-refractivity contribution < 1.29 is 13.5 Å². The van der Waals surface area contributed by atoms with Crippen LogP contribution in [0.4, 0.5) is 5.69 Å². The lowest BCUT2D eigenvalue weighted by Gasteiger charge is -2.10. The molecule has 108 valence electrons. The Bertz CT molecular complexity index is 520. The van der Waals surface area contributed by atoms with Crippen LogP contribution in [0.15, 0.2) is 27.6 Å². The molecule has 0 radical (unpaired) electrons. The molecule has 0 bridgehead atoms. The fraction of sp³-hybridized carbons (Fsp3) is 0.500. The first kappa shape index (κ1) is 16.4. The van der Waals surface area contributed by atoms with Crippen LogP contribution in [0.1, 0.15) is 19.8 Å². The summed E-state index contributed by atoms with van der Waals surface area (Å²) in [7, 11) is -3.56. The Balaban J connectivity index is 2.64. The van der Waals surface area contributed by atoms with Gasteiger partial charge in [-0.25, -0.2) is 13.1 Å². The van der Waals surface area contributed by atoms with E-state index in [0.29, 0.717) is 23.1 Å². The zero-order valence-electron chi connectivity index (χ0n) is 10.8. The molecule has 0 fully saturated rings. The molecular weight excluding hydrogens is 332 g/mol. The largest absolute Gasteiger partial charge is 0.399 e. The van der Waals surface area contributed by atoms with Gasteiger partial charge in [0.2, 0.25) is 10.0 Å². The van der Waals surface area contributed by atoms with Crippen molar-refractivity contribution in [1.29, 1.82) is 0 Å². The average molecular weight is 351 g/mol. The smallest absolute Gasteiger partial charge is 0.241 e. The molecule has 0 aliphatic rings. The number of hydrogen-bond acceptors (Lipinski definition) is 4. The van der Waals surface area contributed by atoms with Crippen LogP contribution in [0.2, 0.25) is 0 Å². The highest BCUT2D eigenvalue weighted by Crippen LogP contribution is 2.24. The summed E-state index contributed by atoms with van der Waals surface area (Å²) < 4.78 is 27.2.